The number of nitrogens with zero attached hydrogens (tertiary/aromatic N) is 2. The van der Waals surface area contributed by atoms with Crippen LogP contribution in [0.3, 0.4) is 0 Å². The molecule has 0 aliphatic carbocycles. The van der Waals surface area contributed by atoms with E-state index in [1.807, 2.05) is 0 Å². The molecule has 0 radical (unpaired) electrons. The summed E-state index contributed by atoms with van der Waals surface area (Å²) in [5.41, 5.74) is 0. The molecule has 0 N–H and O–H groups in total. The number of aryl methyl sites for hydroxylation is 1. The summed E-state index contributed by atoms with van der Waals surface area (Å²) < 4.78 is 452. The Morgan fingerprint density at radius 1 is 0.345 bits per heavy atom. The van der Waals surface area contributed by atoms with Crippen molar-refractivity contribution in [2.45, 2.75) is 121 Å². The van der Waals surface area contributed by atoms with Crippen LogP contribution in [0.5, 0.6) is 0 Å². The lowest BCUT2D eigenvalue weighted by atomic mass is 9.83. The largest absolute Gasteiger partial charge is 0.469 e. The molecule has 58 heavy (non-hydrogen) atoms. The van der Waals surface area contributed by atoms with Crippen LogP contribution in [0.1, 0.15) is 19.8 Å². The molecule has 1 heterocycles. The Bertz CT molecular complexity index is 1610. The number of hydrogen-bond donors (Lipinski definition) is 0. The molecule has 0 aliphatic heterocycles. The number of rotatable bonds is 18. The van der Waals surface area contributed by atoms with Crippen molar-refractivity contribution < 1.29 is 149 Å². The predicted octanol–water partition coefficient (Wildman–Crippen LogP) is 11.6. The molecule has 0 spiro atoms. The second kappa shape index (κ2) is 13.7. The minimum Gasteiger partial charge on any atom is -0.237 e. The van der Waals surface area contributed by atoms with E-state index in [9.17, 15) is 145 Å². The van der Waals surface area contributed by atoms with Crippen LogP contribution >= 0.6 is 0 Å². The van der Waals surface area contributed by atoms with E-state index in [1.165, 1.54) is 6.92 Å². The summed E-state index contributed by atoms with van der Waals surface area (Å²) >= 11 is 0. The van der Waals surface area contributed by atoms with Gasteiger partial charge in [-0.05, 0) is 6.42 Å². The van der Waals surface area contributed by atoms with E-state index < -0.39 is 119 Å². The Morgan fingerprint density at radius 2 is 0.569 bits per heavy atom. The molecule has 0 bridgehead atoms. The average molecular weight is 943 g/mol. The van der Waals surface area contributed by atoms with E-state index in [2.05, 4.69) is 0 Å². The predicted molar refractivity (Wildman–Crippen MR) is 115 cm³/mol. The van der Waals surface area contributed by atoms with Crippen molar-refractivity contribution in [1.29, 1.82) is 0 Å². The molecule has 1 rings (SSSR count). The molecule has 344 valence electrons. The summed E-state index contributed by atoms with van der Waals surface area (Å²) in [6.45, 7) is 0.795. The van der Waals surface area contributed by atoms with Gasteiger partial charge in [-0.2, -0.15) is 149 Å². The number of unbranched alkanes of at least 4 members (excludes halogenated alkanes) is 1. The normalized spacial score (nSPS) is 16.7. The van der Waals surface area contributed by atoms with Gasteiger partial charge in [0.05, 0.1) is 6.54 Å². The lowest BCUT2D eigenvalue weighted by molar-refractivity contribution is -0.697. The zero-order valence-electron chi connectivity index (χ0n) is 26.2. The highest BCUT2D eigenvalue weighted by Crippen LogP contribution is 2.70. The molecule has 1 aromatic heterocycles. The molecule has 0 saturated heterocycles. The van der Waals surface area contributed by atoms with Gasteiger partial charge in [0.15, 0.2) is 0 Å². The molecule has 2 nitrogen and oxygen atoms in total. The van der Waals surface area contributed by atoms with Gasteiger partial charge in [0.2, 0.25) is 6.33 Å². The van der Waals surface area contributed by atoms with Crippen molar-refractivity contribution in [2.24, 2.45) is 0 Å². The molecule has 0 atom stereocenters. The minimum atomic E-state index is -10.2. The Balaban J connectivity index is 4.01. The molecular weight excluding hydrogens is 931 g/mol. The highest BCUT2D eigenvalue weighted by Gasteiger charge is 3.02. The quantitative estimate of drug-likeness (QED) is 0.102. The van der Waals surface area contributed by atoms with Crippen molar-refractivity contribution >= 4 is 0 Å². The Kier molecular flexibility index (Phi) is 12.5. The number of alkyl halides is 33. The monoisotopic (exact) mass is 943 g/mol. The van der Waals surface area contributed by atoms with E-state index in [-0.39, 0.29) is 19.0 Å². The van der Waals surface area contributed by atoms with Gasteiger partial charge in [-0.1, -0.05) is 13.3 Å². The first kappa shape index (κ1) is 52.9. The SMILES string of the molecule is CCCC[n+]1ccn(C(F)(F)C(F)(F)C(F)(F)C(F)(F)C(F)(F)C(F)(F)C(F)(F)C(F)(F)C(F)(F)C(F)(F)C(F)(F)C(F)(F)C(F)(F)C(F)(F)C(F)(F)C(F)(F)F)c1. The van der Waals surface area contributed by atoms with Crippen molar-refractivity contribution in [2.75, 3.05) is 0 Å². The number of halogens is 33. The first-order valence-electron chi connectivity index (χ1n) is 13.6. The first-order chi connectivity index (χ1) is 24.8. The van der Waals surface area contributed by atoms with Crippen LogP contribution in [-0.4, -0.2) is 93.7 Å². The van der Waals surface area contributed by atoms with Crippen LogP contribution in [0.2, 0.25) is 0 Å². The summed E-state index contributed by atoms with van der Waals surface area (Å²) in [5.74, 6) is -136. The number of aromatic nitrogens is 2. The minimum absolute atomic E-state index is 0.112. The fourth-order valence-electron chi connectivity index (χ4n) is 3.93. The molecule has 0 aromatic carbocycles. The van der Waals surface area contributed by atoms with Crippen molar-refractivity contribution in [3.05, 3.63) is 18.7 Å². The van der Waals surface area contributed by atoms with E-state index in [0.29, 0.717) is 4.57 Å². The van der Waals surface area contributed by atoms with Crippen molar-refractivity contribution in [1.82, 2.24) is 4.57 Å². The molecular formula is C23H12F33N2+. The van der Waals surface area contributed by atoms with Crippen LogP contribution in [0.15, 0.2) is 18.7 Å². The van der Waals surface area contributed by atoms with E-state index in [1.54, 1.807) is 0 Å². The average Bonchev–Trinajstić information content (AvgIpc) is 3.51. The maximum atomic E-state index is 14.4. The summed E-state index contributed by atoms with van der Waals surface area (Å²) in [5, 5.41) is 0. The second-order valence-electron chi connectivity index (χ2n) is 11.5. The maximum absolute atomic E-state index is 14.4. The highest BCUT2D eigenvalue weighted by molar-refractivity contribution is 5.22. The Labute approximate surface area is 295 Å². The zero-order valence-corrected chi connectivity index (χ0v) is 26.2. The van der Waals surface area contributed by atoms with E-state index in [0.717, 1.165) is 0 Å². The van der Waals surface area contributed by atoms with Gasteiger partial charge in [-0.25, -0.2) is 4.57 Å². The van der Waals surface area contributed by atoms with Gasteiger partial charge >= 0.3 is 95.1 Å². The van der Waals surface area contributed by atoms with Gasteiger partial charge in [0, 0.05) is 0 Å². The lowest BCUT2D eigenvalue weighted by Gasteiger charge is -2.46. The molecule has 0 aliphatic rings. The molecule has 0 fully saturated rings. The summed E-state index contributed by atoms with van der Waals surface area (Å²) in [6.07, 6.45) is -9.12. The zero-order chi connectivity index (χ0) is 47.4. The summed E-state index contributed by atoms with van der Waals surface area (Å²) in [6, 6.07) is -7.19. The highest BCUT2D eigenvalue weighted by atomic mass is 19.4. The van der Waals surface area contributed by atoms with Crippen LogP contribution in [-0.2, 0) is 12.6 Å². The standard InChI is InChI=1S/C23H12F33N2/c1-2-3-4-57-5-6-58(7-57)23(55,56)21(50,51)19(46,47)17(42,43)15(38,39)13(34,35)11(30,31)9(26,27)8(24,25)10(28,29)12(32,33)14(36,37)16(40,41)18(44,45)20(48,49)22(52,53)54/h5-7H,2-4H2,1H3/q+1. The third-order valence-electron chi connectivity index (χ3n) is 7.65. The molecule has 0 unspecified atom stereocenters. The van der Waals surface area contributed by atoms with Gasteiger partial charge in [-0.15, -0.1) is 0 Å². The van der Waals surface area contributed by atoms with E-state index >= 15 is 0 Å². The molecule has 35 heteroatoms. The van der Waals surface area contributed by atoms with Gasteiger partial charge in [0.25, 0.3) is 0 Å². The lowest BCUT2D eigenvalue weighted by Crippen LogP contribution is -2.80. The van der Waals surface area contributed by atoms with Gasteiger partial charge in [-0.3, -0.25) is 0 Å². The molecule has 0 amide bonds. The third-order valence-corrected chi connectivity index (χ3v) is 7.65. The van der Waals surface area contributed by atoms with Crippen LogP contribution in [0.25, 0.3) is 0 Å². The maximum Gasteiger partial charge on any atom is 0.469 e. The van der Waals surface area contributed by atoms with E-state index in [4.69, 9.17) is 0 Å². The number of imidazole rings is 1. The molecule has 0 saturated carbocycles. The topological polar surface area (TPSA) is 8.81 Å². The van der Waals surface area contributed by atoms with Crippen LogP contribution < -0.4 is 4.57 Å². The van der Waals surface area contributed by atoms with Crippen molar-refractivity contribution in [3.8, 4) is 0 Å². The van der Waals surface area contributed by atoms with Gasteiger partial charge < -0.3 is 0 Å². The van der Waals surface area contributed by atoms with Crippen molar-refractivity contribution in [3.63, 3.8) is 0 Å². The fraction of sp³-hybridized carbons (Fsp3) is 0.870. The summed E-state index contributed by atoms with van der Waals surface area (Å²) in [7, 11) is 0. The van der Waals surface area contributed by atoms with Crippen LogP contribution in [0.4, 0.5) is 145 Å². The Morgan fingerprint density at radius 3 is 0.793 bits per heavy atom. The van der Waals surface area contributed by atoms with Crippen LogP contribution in [0, 0.1) is 0 Å². The first-order valence-corrected chi connectivity index (χ1v) is 13.6. The third kappa shape index (κ3) is 6.26. The van der Waals surface area contributed by atoms with Gasteiger partial charge in [0.1, 0.15) is 12.4 Å². The smallest absolute Gasteiger partial charge is 0.237 e. The second-order valence-corrected chi connectivity index (χ2v) is 11.5. The number of hydrogen-bond acceptors (Lipinski definition) is 0. The fourth-order valence-corrected chi connectivity index (χ4v) is 3.93. The molecule has 1 aromatic rings. The Hall–Kier alpha value is -3.10. The summed E-state index contributed by atoms with van der Waals surface area (Å²) in [4.78, 5) is 0.